The van der Waals surface area contributed by atoms with Crippen molar-refractivity contribution in [3.63, 3.8) is 0 Å². The average Bonchev–Trinajstić information content (AvgIpc) is 2.66. The third-order valence-corrected chi connectivity index (χ3v) is 5.30. The Balaban J connectivity index is 0.00000243. The highest BCUT2D eigenvalue weighted by atomic mass is 35.5. The molecular formula is C20H30ClN3O2. The SMILES string of the molecule is Cl.O=C(CCC1CCNCC1)NCc1ccc(N2CCCCC2=O)cc1. The first kappa shape index (κ1) is 20.7. The van der Waals surface area contributed by atoms with Crippen molar-refractivity contribution in [3.05, 3.63) is 29.8 Å². The highest BCUT2D eigenvalue weighted by molar-refractivity contribution is 5.93. The van der Waals surface area contributed by atoms with Gasteiger partial charge in [-0.05, 0) is 68.8 Å². The molecule has 0 bridgehead atoms. The van der Waals surface area contributed by atoms with Gasteiger partial charge in [-0.1, -0.05) is 12.1 Å². The van der Waals surface area contributed by atoms with Crippen molar-refractivity contribution in [2.45, 2.75) is 51.5 Å². The summed E-state index contributed by atoms with van der Waals surface area (Å²) in [7, 11) is 0. The molecule has 2 aliphatic rings. The summed E-state index contributed by atoms with van der Waals surface area (Å²) in [4.78, 5) is 25.9. The molecular weight excluding hydrogens is 350 g/mol. The minimum Gasteiger partial charge on any atom is -0.352 e. The molecule has 5 nitrogen and oxygen atoms in total. The second-order valence-corrected chi connectivity index (χ2v) is 7.18. The topological polar surface area (TPSA) is 61.4 Å². The molecule has 2 saturated heterocycles. The van der Waals surface area contributed by atoms with E-state index in [9.17, 15) is 9.59 Å². The third-order valence-electron chi connectivity index (χ3n) is 5.30. The molecule has 0 atom stereocenters. The van der Waals surface area contributed by atoms with Gasteiger partial charge in [0.05, 0.1) is 0 Å². The molecule has 0 aromatic heterocycles. The van der Waals surface area contributed by atoms with Gasteiger partial charge in [-0.15, -0.1) is 12.4 Å². The number of benzene rings is 1. The Hall–Kier alpha value is -1.59. The number of carbonyl (C=O) groups is 2. The quantitative estimate of drug-likeness (QED) is 0.798. The van der Waals surface area contributed by atoms with E-state index in [0.29, 0.717) is 25.3 Å². The van der Waals surface area contributed by atoms with Crippen molar-refractivity contribution in [1.82, 2.24) is 10.6 Å². The lowest BCUT2D eigenvalue weighted by molar-refractivity contribution is -0.121. The first-order valence-corrected chi connectivity index (χ1v) is 9.59. The molecule has 0 unspecified atom stereocenters. The van der Waals surface area contributed by atoms with Crippen LogP contribution in [0.3, 0.4) is 0 Å². The number of piperidine rings is 2. The third kappa shape index (κ3) is 5.99. The molecule has 0 spiro atoms. The minimum absolute atomic E-state index is 0. The molecule has 144 valence electrons. The lowest BCUT2D eigenvalue weighted by Crippen LogP contribution is -2.35. The number of anilines is 1. The average molecular weight is 380 g/mol. The van der Waals surface area contributed by atoms with Gasteiger partial charge in [-0.3, -0.25) is 9.59 Å². The molecule has 6 heteroatoms. The summed E-state index contributed by atoms with van der Waals surface area (Å²) in [5, 5.41) is 6.37. The molecule has 1 aromatic rings. The van der Waals surface area contributed by atoms with Gasteiger partial charge < -0.3 is 15.5 Å². The maximum absolute atomic E-state index is 12.0. The van der Waals surface area contributed by atoms with E-state index >= 15 is 0 Å². The number of rotatable bonds is 6. The molecule has 2 heterocycles. The number of hydrogen-bond donors (Lipinski definition) is 2. The summed E-state index contributed by atoms with van der Waals surface area (Å²) in [6, 6.07) is 7.98. The second-order valence-electron chi connectivity index (χ2n) is 7.18. The first-order chi connectivity index (χ1) is 12.2. The highest BCUT2D eigenvalue weighted by Crippen LogP contribution is 2.21. The van der Waals surface area contributed by atoms with Crippen LogP contribution >= 0.6 is 12.4 Å². The number of carbonyl (C=O) groups excluding carboxylic acids is 2. The van der Waals surface area contributed by atoms with E-state index in [1.165, 1.54) is 12.8 Å². The van der Waals surface area contributed by atoms with Crippen LogP contribution in [-0.4, -0.2) is 31.4 Å². The molecule has 2 amide bonds. The maximum atomic E-state index is 12.0. The summed E-state index contributed by atoms with van der Waals surface area (Å²) in [5.41, 5.74) is 2.04. The number of halogens is 1. The van der Waals surface area contributed by atoms with E-state index in [2.05, 4.69) is 10.6 Å². The van der Waals surface area contributed by atoms with Crippen LogP contribution in [0.2, 0.25) is 0 Å². The van der Waals surface area contributed by atoms with Crippen LogP contribution in [0.1, 0.15) is 50.5 Å². The predicted molar refractivity (Wildman–Crippen MR) is 107 cm³/mol. The van der Waals surface area contributed by atoms with Crippen LogP contribution in [0.15, 0.2) is 24.3 Å². The predicted octanol–water partition coefficient (Wildman–Crippen LogP) is 3.02. The van der Waals surface area contributed by atoms with E-state index in [1.807, 2.05) is 29.2 Å². The van der Waals surface area contributed by atoms with E-state index < -0.39 is 0 Å². The zero-order valence-corrected chi connectivity index (χ0v) is 16.2. The fourth-order valence-corrected chi connectivity index (χ4v) is 3.67. The van der Waals surface area contributed by atoms with E-state index in [0.717, 1.165) is 50.1 Å². The first-order valence-electron chi connectivity index (χ1n) is 9.59. The van der Waals surface area contributed by atoms with Crippen LogP contribution in [0.5, 0.6) is 0 Å². The Morgan fingerprint density at radius 3 is 2.58 bits per heavy atom. The lowest BCUT2D eigenvalue weighted by atomic mass is 9.93. The molecule has 2 fully saturated rings. The summed E-state index contributed by atoms with van der Waals surface area (Å²) in [6.45, 7) is 3.53. The zero-order chi connectivity index (χ0) is 17.5. The molecule has 26 heavy (non-hydrogen) atoms. The molecule has 2 aliphatic heterocycles. The van der Waals surface area contributed by atoms with E-state index in [-0.39, 0.29) is 24.2 Å². The van der Waals surface area contributed by atoms with Crippen molar-refractivity contribution in [2.75, 3.05) is 24.5 Å². The molecule has 0 radical (unpaired) electrons. The minimum atomic E-state index is 0. The number of amides is 2. The van der Waals surface area contributed by atoms with E-state index in [1.54, 1.807) is 0 Å². The summed E-state index contributed by atoms with van der Waals surface area (Å²) in [6.07, 6.45) is 6.69. The van der Waals surface area contributed by atoms with Crippen LogP contribution in [0.4, 0.5) is 5.69 Å². The standard InChI is InChI=1S/C20H29N3O2.ClH/c24-19(9-6-16-10-12-21-13-11-16)22-15-17-4-7-18(8-5-17)23-14-2-1-3-20(23)25;/h4-5,7-8,16,21H,1-3,6,9-15H2,(H,22,24);1H. The summed E-state index contributed by atoms with van der Waals surface area (Å²) in [5.74, 6) is 1.03. The largest absolute Gasteiger partial charge is 0.352 e. The van der Waals surface area contributed by atoms with E-state index in [4.69, 9.17) is 0 Å². The van der Waals surface area contributed by atoms with Gasteiger partial charge in [0.15, 0.2) is 0 Å². The van der Waals surface area contributed by atoms with Crippen molar-refractivity contribution < 1.29 is 9.59 Å². The Morgan fingerprint density at radius 2 is 1.88 bits per heavy atom. The summed E-state index contributed by atoms with van der Waals surface area (Å²) < 4.78 is 0. The number of nitrogens with zero attached hydrogens (tertiary/aromatic N) is 1. The maximum Gasteiger partial charge on any atom is 0.226 e. The highest BCUT2D eigenvalue weighted by Gasteiger charge is 2.19. The number of hydrogen-bond acceptors (Lipinski definition) is 3. The van der Waals surface area contributed by atoms with Gasteiger partial charge in [0, 0.05) is 31.6 Å². The van der Waals surface area contributed by atoms with Crippen molar-refractivity contribution >= 4 is 29.9 Å². The van der Waals surface area contributed by atoms with Gasteiger partial charge >= 0.3 is 0 Å². The van der Waals surface area contributed by atoms with Gasteiger partial charge in [0.2, 0.25) is 11.8 Å². The zero-order valence-electron chi connectivity index (χ0n) is 15.3. The Bertz CT molecular complexity index is 585. The van der Waals surface area contributed by atoms with Crippen molar-refractivity contribution in [3.8, 4) is 0 Å². The lowest BCUT2D eigenvalue weighted by Gasteiger charge is -2.26. The van der Waals surface area contributed by atoms with Crippen LogP contribution in [0, 0.1) is 5.92 Å². The normalized spacial score (nSPS) is 18.3. The summed E-state index contributed by atoms with van der Waals surface area (Å²) >= 11 is 0. The molecule has 1 aromatic carbocycles. The fourth-order valence-electron chi connectivity index (χ4n) is 3.67. The Labute approximate surface area is 162 Å². The molecule has 2 N–H and O–H groups in total. The molecule has 0 saturated carbocycles. The monoisotopic (exact) mass is 379 g/mol. The van der Waals surface area contributed by atoms with Crippen LogP contribution in [-0.2, 0) is 16.1 Å². The van der Waals surface area contributed by atoms with Crippen LogP contribution < -0.4 is 15.5 Å². The van der Waals surface area contributed by atoms with Crippen molar-refractivity contribution in [1.29, 1.82) is 0 Å². The van der Waals surface area contributed by atoms with Gasteiger partial charge in [0.25, 0.3) is 0 Å². The molecule has 3 rings (SSSR count). The van der Waals surface area contributed by atoms with Gasteiger partial charge in [-0.2, -0.15) is 0 Å². The fraction of sp³-hybridized carbons (Fsp3) is 0.600. The van der Waals surface area contributed by atoms with Gasteiger partial charge in [-0.25, -0.2) is 0 Å². The smallest absolute Gasteiger partial charge is 0.226 e. The number of nitrogens with one attached hydrogen (secondary N) is 2. The Kier molecular flexibility index (Phi) is 8.39. The van der Waals surface area contributed by atoms with Crippen molar-refractivity contribution in [2.24, 2.45) is 5.92 Å². The van der Waals surface area contributed by atoms with Gasteiger partial charge in [0.1, 0.15) is 0 Å². The van der Waals surface area contributed by atoms with Crippen LogP contribution in [0.25, 0.3) is 0 Å². The second kappa shape index (κ2) is 10.5. The Morgan fingerprint density at radius 1 is 1.15 bits per heavy atom. The molecule has 0 aliphatic carbocycles.